The molecule has 0 aliphatic carbocycles. The summed E-state index contributed by atoms with van der Waals surface area (Å²) in [7, 11) is 0. The molecule has 72 valence electrons. The van der Waals surface area contributed by atoms with Crippen molar-refractivity contribution in [1.82, 2.24) is 5.32 Å². The Morgan fingerprint density at radius 2 is 2.00 bits per heavy atom. The van der Waals surface area contributed by atoms with Gasteiger partial charge in [-0.3, -0.25) is 4.79 Å². The highest BCUT2D eigenvalue weighted by atomic mass is 16.1. The average Bonchev–Trinajstić information content (AvgIpc) is 2.23. The van der Waals surface area contributed by atoms with Crippen molar-refractivity contribution in [2.24, 2.45) is 0 Å². The monoisotopic (exact) mass is 187 g/mol. The van der Waals surface area contributed by atoms with Gasteiger partial charge in [-0.25, -0.2) is 0 Å². The quantitative estimate of drug-likeness (QED) is 0.677. The SMILES string of the molecule is O=C1CCNC/C1=C/c1ccccc1. The maximum absolute atomic E-state index is 11.5. The number of nitrogens with one attached hydrogen (secondary N) is 1. The predicted molar refractivity (Wildman–Crippen MR) is 56.9 cm³/mol. The molecule has 1 saturated heterocycles. The zero-order valence-electron chi connectivity index (χ0n) is 7.99. The Bertz CT molecular complexity index is 354. The van der Waals surface area contributed by atoms with Gasteiger partial charge in [-0.1, -0.05) is 30.3 Å². The first-order chi connectivity index (χ1) is 6.86. The van der Waals surface area contributed by atoms with Crippen molar-refractivity contribution >= 4 is 11.9 Å². The second-order valence-electron chi connectivity index (χ2n) is 3.43. The lowest BCUT2D eigenvalue weighted by atomic mass is 10.0. The third kappa shape index (κ3) is 2.09. The number of hydrogen-bond donors (Lipinski definition) is 1. The maximum atomic E-state index is 11.5. The third-order valence-electron chi connectivity index (χ3n) is 2.34. The first-order valence-electron chi connectivity index (χ1n) is 4.86. The number of carbonyl (C=O) groups excluding carboxylic acids is 1. The Balaban J connectivity index is 2.21. The van der Waals surface area contributed by atoms with Crippen LogP contribution in [0.2, 0.25) is 0 Å². The molecule has 1 aromatic carbocycles. The van der Waals surface area contributed by atoms with Gasteiger partial charge in [0.25, 0.3) is 0 Å². The van der Waals surface area contributed by atoms with Gasteiger partial charge in [-0.05, 0) is 11.6 Å². The second kappa shape index (κ2) is 4.20. The Morgan fingerprint density at radius 3 is 2.71 bits per heavy atom. The van der Waals surface area contributed by atoms with Crippen LogP contribution in [0.3, 0.4) is 0 Å². The highest BCUT2D eigenvalue weighted by Crippen LogP contribution is 2.10. The molecule has 0 aromatic heterocycles. The number of benzene rings is 1. The van der Waals surface area contributed by atoms with E-state index in [9.17, 15) is 4.79 Å². The summed E-state index contributed by atoms with van der Waals surface area (Å²) in [4.78, 5) is 11.5. The van der Waals surface area contributed by atoms with Crippen LogP contribution in [0.25, 0.3) is 6.08 Å². The molecule has 1 N–H and O–H groups in total. The van der Waals surface area contributed by atoms with Crippen LogP contribution < -0.4 is 5.32 Å². The molecule has 14 heavy (non-hydrogen) atoms. The molecule has 0 unspecified atom stereocenters. The van der Waals surface area contributed by atoms with E-state index in [1.54, 1.807) is 0 Å². The smallest absolute Gasteiger partial charge is 0.161 e. The van der Waals surface area contributed by atoms with Crippen molar-refractivity contribution < 1.29 is 4.79 Å². The normalized spacial score (nSPS) is 20.0. The Labute approximate surface area is 83.6 Å². The lowest BCUT2D eigenvalue weighted by Gasteiger charge is -2.13. The summed E-state index contributed by atoms with van der Waals surface area (Å²) in [6.07, 6.45) is 2.59. The van der Waals surface area contributed by atoms with Crippen molar-refractivity contribution in [2.45, 2.75) is 6.42 Å². The molecule has 0 bridgehead atoms. The van der Waals surface area contributed by atoms with E-state index in [0.29, 0.717) is 13.0 Å². The Morgan fingerprint density at radius 1 is 1.21 bits per heavy atom. The summed E-state index contributed by atoms with van der Waals surface area (Å²) in [5.41, 5.74) is 1.99. The molecule has 2 nitrogen and oxygen atoms in total. The van der Waals surface area contributed by atoms with Crippen molar-refractivity contribution in [3.8, 4) is 0 Å². The van der Waals surface area contributed by atoms with Crippen molar-refractivity contribution in [3.63, 3.8) is 0 Å². The van der Waals surface area contributed by atoms with E-state index in [1.807, 2.05) is 36.4 Å². The molecule has 1 aliphatic heterocycles. The molecule has 0 amide bonds. The minimum atomic E-state index is 0.271. The number of Topliss-reactive ketones (excluding diaryl/α,β-unsaturated/α-hetero) is 1. The molecule has 0 saturated carbocycles. The minimum Gasteiger partial charge on any atom is -0.312 e. The van der Waals surface area contributed by atoms with Crippen molar-refractivity contribution in [1.29, 1.82) is 0 Å². The number of piperidine rings is 1. The first kappa shape index (κ1) is 9.16. The summed E-state index contributed by atoms with van der Waals surface area (Å²) in [5.74, 6) is 0.271. The minimum absolute atomic E-state index is 0.271. The first-order valence-corrected chi connectivity index (χ1v) is 4.86. The van der Waals surface area contributed by atoms with E-state index in [-0.39, 0.29) is 5.78 Å². The molecule has 2 rings (SSSR count). The van der Waals surface area contributed by atoms with Gasteiger partial charge in [-0.15, -0.1) is 0 Å². The van der Waals surface area contributed by atoms with Crippen LogP contribution in [-0.4, -0.2) is 18.9 Å². The summed E-state index contributed by atoms with van der Waals surface area (Å²) in [5, 5.41) is 3.20. The molecule has 1 heterocycles. The highest BCUT2D eigenvalue weighted by molar-refractivity contribution is 6.00. The molecule has 0 spiro atoms. The van der Waals surface area contributed by atoms with Crippen LogP contribution in [0, 0.1) is 0 Å². The average molecular weight is 187 g/mol. The van der Waals surface area contributed by atoms with E-state index in [2.05, 4.69) is 5.32 Å². The lowest BCUT2D eigenvalue weighted by molar-refractivity contribution is -0.116. The molecule has 1 aliphatic rings. The Kier molecular flexibility index (Phi) is 2.75. The molecule has 0 atom stereocenters. The highest BCUT2D eigenvalue weighted by Gasteiger charge is 2.13. The fraction of sp³-hybridized carbons (Fsp3) is 0.250. The molecule has 2 heteroatoms. The second-order valence-corrected chi connectivity index (χ2v) is 3.43. The van der Waals surface area contributed by atoms with E-state index >= 15 is 0 Å². The maximum Gasteiger partial charge on any atom is 0.161 e. The summed E-state index contributed by atoms with van der Waals surface area (Å²) in [6, 6.07) is 9.95. The molecule has 0 radical (unpaired) electrons. The standard InChI is InChI=1S/C12H13NO/c14-12-6-7-13-9-11(12)8-10-4-2-1-3-5-10/h1-5,8,13H,6-7,9H2/b11-8-. The van der Waals surface area contributed by atoms with Crippen molar-refractivity contribution in [3.05, 3.63) is 41.5 Å². The van der Waals surface area contributed by atoms with Crippen LogP contribution in [0.1, 0.15) is 12.0 Å². The fourth-order valence-electron chi connectivity index (χ4n) is 1.57. The van der Waals surface area contributed by atoms with Crippen LogP contribution in [0.5, 0.6) is 0 Å². The van der Waals surface area contributed by atoms with E-state index in [0.717, 1.165) is 17.7 Å². The van der Waals surface area contributed by atoms with Crippen LogP contribution in [0.4, 0.5) is 0 Å². The largest absolute Gasteiger partial charge is 0.312 e. The number of hydrogen-bond acceptors (Lipinski definition) is 2. The third-order valence-corrected chi connectivity index (χ3v) is 2.34. The van der Waals surface area contributed by atoms with Crippen LogP contribution in [0.15, 0.2) is 35.9 Å². The predicted octanol–water partition coefficient (Wildman–Crippen LogP) is 1.63. The van der Waals surface area contributed by atoms with Gasteiger partial charge < -0.3 is 5.32 Å². The Hall–Kier alpha value is -1.41. The number of rotatable bonds is 1. The summed E-state index contributed by atoms with van der Waals surface area (Å²) < 4.78 is 0. The summed E-state index contributed by atoms with van der Waals surface area (Å²) in [6.45, 7) is 1.51. The van der Waals surface area contributed by atoms with Crippen molar-refractivity contribution in [2.75, 3.05) is 13.1 Å². The molecule has 1 fully saturated rings. The fourth-order valence-corrected chi connectivity index (χ4v) is 1.57. The van der Waals surface area contributed by atoms with Gasteiger partial charge in [-0.2, -0.15) is 0 Å². The number of ketones is 1. The van der Waals surface area contributed by atoms with E-state index in [4.69, 9.17) is 0 Å². The van der Waals surface area contributed by atoms with E-state index in [1.165, 1.54) is 0 Å². The van der Waals surface area contributed by atoms with Gasteiger partial charge in [0.05, 0.1) is 0 Å². The molecular formula is C12H13NO. The zero-order valence-corrected chi connectivity index (χ0v) is 7.99. The van der Waals surface area contributed by atoms with Gasteiger partial charge in [0.2, 0.25) is 0 Å². The van der Waals surface area contributed by atoms with E-state index < -0.39 is 0 Å². The van der Waals surface area contributed by atoms with Gasteiger partial charge in [0.15, 0.2) is 5.78 Å². The summed E-state index contributed by atoms with van der Waals surface area (Å²) >= 11 is 0. The van der Waals surface area contributed by atoms with Gasteiger partial charge in [0, 0.05) is 25.1 Å². The van der Waals surface area contributed by atoms with Crippen LogP contribution in [-0.2, 0) is 4.79 Å². The lowest BCUT2D eigenvalue weighted by Crippen LogP contribution is -2.30. The van der Waals surface area contributed by atoms with Crippen LogP contribution >= 0.6 is 0 Å². The van der Waals surface area contributed by atoms with Gasteiger partial charge in [0.1, 0.15) is 0 Å². The zero-order chi connectivity index (χ0) is 9.80. The molecule has 1 aromatic rings. The topological polar surface area (TPSA) is 29.1 Å². The molecular weight excluding hydrogens is 174 g/mol. The number of carbonyl (C=O) groups is 1. The van der Waals surface area contributed by atoms with Gasteiger partial charge >= 0.3 is 0 Å².